The molecule has 4 rings (SSSR count). The minimum atomic E-state index is -0.508. The van der Waals surface area contributed by atoms with Crippen LogP contribution in [0.4, 0.5) is 14.9 Å². The third kappa shape index (κ3) is 3.99. The third-order valence-corrected chi connectivity index (χ3v) is 7.07. The number of piperidine rings is 1. The van der Waals surface area contributed by atoms with Gasteiger partial charge in [-0.1, -0.05) is 41.9 Å². The van der Waals surface area contributed by atoms with Gasteiger partial charge in [0.2, 0.25) is 0 Å². The molecule has 1 N–H and O–H groups in total. The Hall–Kier alpha value is -2.11. The number of amides is 1. The predicted molar refractivity (Wildman–Crippen MR) is 113 cm³/mol. The van der Waals surface area contributed by atoms with E-state index in [4.69, 9.17) is 16.3 Å². The average molecular weight is 418 g/mol. The third-order valence-electron chi connectivity index (χ3n) is 6.78. The van der Waals surface area contributed by atoms with Gasteiger partial charge in [-0.2, -0.15) is 0 Å². The number of nitrogens with zero attached hydrogens (tertiary/aromatic N) is 1. The van der Waals surface area contributed by atoms with Crippen LogP contribution in [0.5, 0.6) is 0 Å². The first-order valence-electron chi connectivity index (χ1n) is 10.2. The van der Waals surface area contributed by atoms with Crippen molar-refractivity contribution in [2.24, 2.45) is 5.92 Å². The molecule has 2 aromatic carbocycles. The number of anilines is 1. The second kappa shape index (κ2) is 7.96. The molecular formula is C23H27ClFN2O2+. The highest BCUT2D eigenvalue weighted by Crippen LogP contribution is 2.42. The van der Waals surface area contributed by atoms with Crippen molar-refractivity contribution in [2.75, 3.05) is 26.0 Å². The van der Waals surface area contributed by atoms with Crippen molar-refractivity contribution in [1.29, 1.82) is 0 Å². The summed E-state index contributed by atoms with van der Waals surface area (Å²) in [5.41, 5.74) is 1.41. The van der Waals surface area contributed by atoms with E-state index < -0.39 is 11.9 Å². The molecule has 0 aliphatic carbocycles. The Kier molecular flexibility index (Phi) is 5.54. The number of carbonyl (C=O) groups is 1. The molecule has 29 heavy (non-hydrogen) atoms. The van der Waals surface area contributed by atoms with Gasteiger partial charge in [0, 0.05) is 42.7 Å². The van der Waals surface area contributed by atoms with E-state index in [0.717, 1.165) is 17.3 Å². The quantitative estimate of drug-likeness (QED) is 0.647. The van der Waals surface area contributed by atoms with E-state index in [2.05, 4.69) is 19.4 Å². The lowest BCUT2D eigenvalue weighted by Gasteiger charge is -2.44. The van der Waals surface area contributed by atoms with Gasteiger partial charge in [-0.15, -0.1) is 0 Å². The molecule has 2 aliphatic rings. The first kappa shape index (κ1) is 20.2. The molecule has 1 amide bonds. The number of quaternary nitrogens is 1. The Morgan fingerprint density at radius 1 is 1.10 bits per heavy atom. The van der Waals surface area contributed by atoms with Crippen LogP contribution in [0.15, 0.2) is 42.5 Å². The molecule has 4 nitrogen and oxygen atoms in total. The zero-order chi connectivity index (χ0) is 20.6. The van der Waals surface area contributed by atoms with Crippen LogP contribution >= 0.6 is 11.6 Å². The zero-order valence-corrected chi connectivity index (χ0v) is 17.6. The van der Waals surface area contributed by atoms with Crippen molar-refractivity contribution < 1.29 is 18.4 Å². The van der Waals surface area contributed by atoms with Crippen LogP contribution in [-0.2, 0) is 4.74 Å². The summed E-state index contributed by atoms with van der Waals surface area (Å²) in [6.45, 7) is 0.423. The van der Waals surface area contributed by atoms with E-state index in [0.29, 0.717) is 41.4 Å². The largest absolute Gasteiger partial charge is 0.449 e. The minimum absolute atomic E-state index is 0.0492. The molecular weight excluding hydrogens is 391 g/mol. The maximum Gasteiger partial charge on any atom is 0.411 e. The summed E-state index contributed by atoms with van der Waals surface area (Å²) in [7, 11) is 4.63. The van der Waals surface area contributed by atoms with Crippen molar-refractivity contribution >= 4 is 23.4 Å². The van der Waals surface area contributed by atoms with Gasteiger partial charge in [0.1, 0.15) is 5.82 Å². The molecule has 3 atom stereocenters. The summed E-state index contributed by atoms with van der Waals surface area (Å²) in [5, 5.41) is 2.82. The minimum Gasteiger partial charge on any atom is -0.449 e. The fourth-order valence-corrected chi connectivity index (χ4v) is 5.18. The maximum atomic E-state index is 14.5. The van der Waals surface area contributed by atoms with Gasteiger partial charge in [0.05, 0.1) is 43.5 Å². The van der Waals surface area contributed by atoms with E-state index in [9.17, 15) is 9.18 Å². The second-order valence-electron chi connectivity index (χ2n) is 8.72. The highest BCUT2D eigenvalue weighted by atomic mass is 35.5. The van der Waals surface area contributed by atoms with E-state index >= 15 is 0 Å². The molecule has 2 aliphatic heterocycles. The lowest BCUT2D eigenvalue weighted by molar-refractivity contribution is -0.931. The zero-order valence-electron chi connectivity index (χ0n) is 16.8. The number of para-hydroxylation sites is 1. The Morgan fingerprint density at radius 2 is 1.76 bits per heavy atom. The van der Waals surface area contributed by atoms with Crippen LogP contribution in [0.3, 0.4) is 0 Å². The van der Waals surface area contributed by atoms with Gasteiger partial charge >= 0.3 is 6.09 Å². The summed E-state index contributed by atoms with van der Waals surface area (Å²) in [4.78, 5) is 12.4. The van der Waals surface area contributed by atoms with Crippen molar-refractivity contribution in [2.45, 2.75) is 37.8 Å². The van der Waals surface area contributed by atoms with Crippen molar-refractivity contribution in [3.63, 3.8) is 0 Å². The second-order valence-corrected chi connectivity index (χ2v) is 9.13. The van der Waals surface area contributed by atoms with Crippen LogP contribution in [0.2, 0.25) is 5.02 Å². The number of carbonyl (C=O) groups excluding carboxylic acids is 1. The molecule has 2 saturated heterocycles. The first-order chi connectivity index (χ1) is 13.9. The van der Waals surface area contributed by atoms with E-state index in [1.807, 2.05) is 0 Å². The monoisotopic (exact) mass is 417 g/mol. The molecule has 2 aromatic rings. The van der Waals surface area contributed by atoms with Gasteiger partial charge in [-0.25, -0.2) is 9.18 Å². The number of fused-ring (bicyclic) bond motifs is 2. The standard InChI is InChI=1S/C23H26ClFN2O2/c1-27(2)16-10-11-17(27)13-15(12-16)14-29-23(28)26-21-9-4-3-6-18(21)19-7-5-8-20(24)22(19)25/h3-9,15-17H,10-14H2,1-2H3/p+1/t15?,16-,17+. The number of halogens is 2. The molecule has 0 radical (unpaired) electrons. The van der Waals surface area contributed by atoms with Crippen LogP contribution in [0, 0.1) is 11.7 Å². The normalized spacial score (nSPS) is 24.9. The number of rotatable bonds is 4. The van der Waals surface area contributed by atoms with Gasteiger partial charge < -0.3 is 9.22 Å². The lowest BCUT2D eigenvalue weighted by atomic mass is 9.90. The summed E-state index contributed by atoms with van der Waals surface area (Å²) in [6.07, 6.45) is 4.21. The summed E-state index contributed by atoms with van der Waals surface area (Å²) < 4.78 is 21.1. The van der Waals surface area contributed by atoms with Crippen molar-refractivity contribution in [3.8, 4) is 11.1 Å². The van der Waals surface area contributed by atoms with Gasteiger partial charge in [0.25, 0.3) is 0 Å². The van der Waals surface area contributed by atoms with Crippen LogP contribution in [-0.4, -0.2) is 43.4 Å². The molecule has 2 bridgehead atoms. The van der Waals surface area contributed by atoms with Gasteiger partial charge in [-0.05, 0) is 12.1 Å². The Morgan fingerprint density at radius 3 is 2.48 bits per heavy atom. The number of hydrogen-bond donors (Lipinski definition) is 1. The molecule has 154 valence electrons. The molecule has 0 saturated carbocycles. The highest BCUT2D eigenvalue weighted by molar-refractivity contribution is 6.31. The van der Waals surface area contributed by atoms with E-state index in [1.54, 1.807) is 36.4 Å². The number of benzene rings is 2. The molecule has 1 unspecified atom stereocenters. The molecule has 2 fully saturated rings. The Bertz CT molecular complexity index is 902. The summed E-state index contributed by atoms with van der Waals surface area (Å²) in [5.74, 6) is -0.0970. The van der Waals surface area contributed by atoms with Gasteiger partial charge in [-0.3, -0.25) is 5.32 Å². The smallest absolute Gasteiger partial charge is 0.411 e. The Labute approximate surface area is 176 Å². The lowest BCUT2D eigenvalue weighted by Crippen LogP contribution is -2.55. The predicted octanol–water partition coefficient (Wildman–Crippen LogP) is 5.71. The van der Waals surface area contributed by atoms with E-state index in [-0.39, 0.29) is 5.02 Å². The number of ether oxygens (including phenoxy) is 1. The average Bonchev–Trinajstić information content (AvgIpc) is 2.86. The van der Waals surface area contributed by atoms with Crippen LogP contribution < -0.4 is 5.32 Å². The molecule has 0 spiro atoms. The summed E-state index contributed by atoms with van der Waals surface area (Å²) >= 11 is 5.92. The SMILES string of the molecule is C[N+]1(C)[C@@H]2CC[C@H]1CC(COC(=O)Nc1ccccc1-c1cccc(Cl)c1F)C2. The van der Waals surface area contributed by atoms with E-state index in [1.165, 1.54) is 18.9 Å². The van der Waals surface area contributed by atoms with Crippen molar-refractivity contribution in [3.05, 3.63) is 53.3 Å². The fourth-order valence-electron chi connectivity index (χ4n) is 5.01. The summed E-state index contributed by atoms with van der Waals surface area (Å²) in [6, 6.07) is 13.2. The van der Waals surface area contributed by atoms with Crippen LogP contribution in [0.25, 0.3) is 11.1 Å². The first-order valence-corrected chi connectivity index (χ1v) is 10.5. The van der Waals surface area contributed by atoms with Crippen molar-refractivity contribution in [1.82, 2.24) is 0 Å². The van der Waals surface area contributed by atoms with Gasteiger partial charge in [0.15, 0.2) is 0 Å². The number of nitrogens with one attached hydrogen (secondary N) is 1. The van der Waals surface area contributed by atoms with Crippen LogP contribution in [0.1, 0.15) is 25.7 Å². The fraction of sp³-hybridized carbons (Fsp3) is 0.435. The molecule has 0 aromatic heterocycles. The number of hydrogen-bond acceptors (Lipinski definition) is 2. The maximum absolute atomic E-state index is 14.5. The highest BCUT2D eigenvalue weighted by Gasteiger charge is 2.48. The molecule has 6 heteroatoms. The topological polar surface area (TPSA) is 38.3 Å². The Balaban J connectivity index is 1.41. The molecule has 2 heterocycles.